The van der Waals surface area contributed by atoms with Gasteiger partial charge in [0.15, 0.2) is 11.0 Å². The van der Waals surface area contributed by atoms with Crippen LogP contribution in [0.4, 0.5) is 5.69 Å². The van der Waals surface area contributed by atoms with Crippen LogP contribution in [0.5, 0.6) is 0 Å². The third-order valence-corrected chi connectivity index (χ3v) is 5.98. The highest BCUT2D eigenvalue weighted by molar-refractivity contribution is 7.99. The molecule has 0 bridgehead atoms. The molecule has 2 heterocycles. The lowest BCUT2D eigenvalue weighted by Crippen LogP contribution is -2.15. The van der Waals surface area contributed by atoms with Crippen LogP contribution in [0.2, 0.25) is 10.0 Å². The van der Waals surface area contributed by atoms with Gasteiger partial charge >= 0.3 is 0 Å². The number of hydrogen-bond donors (Lipinski definition) is 1. The molecular formula is C22H18Cl2N4O2S. The van der Waals surface area contributed by atoms with Gasteiger partial charge < -0.3 is 9.73 Å². The van der Waals surface area contributed by atoms with Crippen molar-refractivity contribution in [3.63, 3.8) is 0 Å². The van der Waals surface area contributed by atoms with Gasteiger partial charge in [0.05, 0.1) is 29.3 Å². The third-order valence-electron chi connectivity index (χ3n) is 4.44. The minimum atomic E-state index is -0.184. The van der Waals surface area contributed by atoms with Crippen LogP contribution in [-0.2, 0) is 11.3 Å². The molecule has 0 saturated heterocycles. The molecule has 0 aliphatic rings. The number of benzene rings is 2. The van der Waals surface area contributed by atoms with Gasteiger partial charge in [-0.15, -0.1) is 10.2 Å². The first-order chi connectivity index (χ1) is 15.0. The summed E-state index contributed by atoms with van der Waals surface area (Å²) < 4.78 is 7.41. The number of rotatable bonds is 7. The van der Waals surface area contributed by atoms with Gasteiger partial charge in [-0.2, -0.15) is 0 Å². The van der Waals surface area contributed by atoms with Gasteiger partial charge in [0.1, 0.15) is 5.76 Å². The van der Waals surface area contributed by atoms with Gasteiger partial charge in [0.25, 0.3) is 0 Å². The molecule has 0 atom stereocenters. The molecule has 2 aromatic heterocycles. The normalized spacial score (nSPS) is 10.9. The van der Waals surface area contributed by atoms with E-state index in [4.69, 9.17) is 27.6 Å². The van der Waals surface area contributed by atoms with Crippen LogP contribution in [0.3, 0.4) is 0 Å². The summed E-state index contributed by atoms with van der Waals surface area (Å²) in [5.41, 5.74) is 2.47. The lowest BCUT2D eigenvalue weighted by atomic mass is 10.2. The minimum Gasteiger partial charge on any atom is -0.467 e. The average Bonchev–Trinajstić information content (AvgIpc) is 3.40. The van der Waals surface area contributed by atoms with Crippen molar-refractivity contribution < 1.29 is 9.21 Å². The zero-order chi connectivity index (χ0) is 21.8. The van der Waals surface area contributed by atoms with Crippen molar-refractivity contribution in [1.82, 2.24) is 14.8 Å². The Morgan fingerprint density at radius 1 is 1.13 bits per heavy atom. The Labute approximate surface area is 193 Å². The number of nitrogens with one attached hydrogen (secondary N) is 1. The smallest absolute Gasteiger partial charge is 0.234 e. The van der Waals surface area contributed by atoms with Crippen molar-refractivity contribution in [2.45, 2.75) is 18.6 Å². The SMILES string of the molecule is Cc1ccc(NC(=O)CSc2nnc(-c3ccc(Cl)cc3)n2Cc2ccco2)c(Cl)c1. The van der Waals surface area contributed by atoms with Crippen molar-refractivity contribution in [2.24, 2.45) is 0 Å². The summed E-state index contributed by atoms with van der Waals surface area (Å²) in [6, 6.07) is 16.6. The Hall–Kier alpha value is -2.74. The molecule has 9 heteroatoms. The van der Waals surface area contributed by atoms with Gasteiger partial charge in [0.2, 0.25) is 5.91 Å². The molecule has 0 aliphatic heterocycles. The highest BCUT2D eigenvalue weighted by Crippen LogP contribution is 2.27. The molecule has 0 unspecified atom stereocenters. The van der Waals surface area contributed by atoms with Crippen molar-refractivity contribution in [3.05, 3.63) is 82.2 Å². The number of halogens is 2. The number of anilines is 1. The van der Waals surface area contributed by atoms with E-state index in [9.17, 15) is 4.79 Å². The number of amides is 1. The average molecular weight is 473 g/mol. The predicted octanol–water partition coefficient (Wildman–Crippen LogP) is 5.93. The van der Waals surface area contributed by atoms with E-state index < -0.39 is 0 Å². The molecule has 158 valence electrons. The number of furan rings is 1. The van der Waals surface area contributed by atoms with Crippen LogP contribution < -0.4 is 5.32 Å². The van der Waals surface area contributed by atoms with Crippen LogP contribution in [0.15, 0.2) is 70.4 Å². The van der Waals surface area contributed by atoms with Crippen LogP contribution in [0.1, 0.15) is 11.3 Å². The highest BCUT2D eigenvalue weighted by Gasteiger charge is 2.17. The van der Waals surface area contributed by atoms with Gasteiger partial charge in [-0.25, -0.2) is 0 Å². The number of aromatic nitrogens is 3. The predicted molar refractivity (Wildman–Crippen MR) is 124 cm³/mol. The number of carbonyl (C=O) groups is 1. The van der Waals surface area contributed by atoms with Crippen molar-refractivity contribution in [1.29, 1.82) is 0 Å². The summed E-state index contributed by atoms with van der Waals surface area (Å²) >= 11 is 13.5. The Bertz CT molecular complexity index is 1190. The van der Waals surface area contributed by atoms with Crippen molar-refractivity contribution >= 4 is 46.6 Å². The molecule has 2 aromatic carbocycles. The summed E-state index contributed by atoms with van der Waals surface area (Å²) in [6.07, 6.45) is 1.62. The van der Waals surface area contributed by atoms with Gasteiger partial charge in [-0.3, -0.25) is 9.36 Å². The number of hydrogen-bond acceptors (Lipinski definition) is 5. The summed E-state index contributed by atoms with van der Waals surface area (Å²) in [7, 11) is 0. The zero-order valence-electron chi connectivity index (χ0n) is 16.5. The van der Waals surface area contributed by atoms with E-state index in [-0.39, 0.29) is 11.7 Å². The first kappa shape index (κ1) is 21.5. The van der Waals surface area contributed by atoms with E-state index in [1.807, 2.05) is 47.9 Å². The van der Waals surface area contributed by atoms with E-state index in [1.54, 1.807) is 24.5 Å². The maximum atomic E-state index is 12.5. The molecule has 0 saturated carbocycles. The van der Waals surface area contributed by atoms with Crippen LogP contribution in [-0.4, -0.2) is 26.4 Å². The van der Waals surface area contributed by atoms with E-state index in [0.29, 0.717) is 33.3 Å². The summed E-state index contributed by atoms with van der Waals surface area (Å²) in [5.74, 6) is 1.39. The third kappa shape index (κ3) is 5.31. The number of carbonyl (C=O) groups excluding carboxylic acids is 1. The molecule has 1 amide bonds. The van der Waals surface area contributed by atoms with E-state index in [1.165, 1.54) is 11.8 Å². The Morgan fingerprint density at radius 2 is 1.94 bits per heavy atom. The van der Waals surface area contributed by atoms with Crippen LogP contribution in [0, 0.1) is 6.92 Å². The van der Waals surface area contributed by atoms with Gasteiger partial charge in [-0.05, 0) is 61.0 Å². The molecule has 4 aromatic rings. The fourth-order valence-electron chi connectivity index (χ4n) is 2.95. The molecule has 4 rings (SSSR count). The lowest BCUT2D eigenvalue weighted by molar-refractivity contribution is -0.113. The number of nitrogens with zero attached hydrogens (tertiary/aromatic N) is 3. The number of aryl methyl sites for hydroxylation is 1. The molecule has 31 heavy (non-hydrogen) atoms. The maximum Gasteiger partial charge on any atom is 0.234 e. The lowest BCUT2D eigenvalue weighted by Gasteiger charge is -2.10. The largest absolute Gasteiger partial charge is 0.467 e. The Balaban J connectivity index is 1.53. The molecule has 0 fully saturated rings. The zero-order valence-corrected chi connectivity index (χ0v) is 18.8. The molecule has 0 spiro atoms. The molecule has 1 N–H and O–H groups in total. The standard InChI is InChI=1S/C22H18Cl2N4O2S/c1-14-4-9-19(18(24)11-14)25-20(29)13-31-22-27-26-21(15-5-7-16(23)8-6-15)28(22)12-17-3-2-10-30-17/h2-11H,12-13H2,1H3,(H,25,29). The second-order valence-electron chi connectivity index (χ2n) is 6.80. The monoisotopic (exact) mass is 472 g/mol. The van der Waals surface area contributed by atoms with Gasteiger partial charge in [-0.1, -0.05) is 41.0 Å². The fraction of sp³-hybridized carbons (Fsp3) is 0.136. The minimum absolute atomic E-state index is 0.154. The number of thioether (sulfide) groups is 1. The van der Waals surface area contributed by atoms with Gasteiger partial charge in [0, 0.05) is 10.6 Å². The first-order valence-corrected chi connectivity index (χ1v) is 11.1. The summed E-state index contributed by atoms with van der Waals surface area (Å²) in [5, 5.41) is 13.2. The van der Waals surface area contributed by atoms with Crippen LogP contribution >= 0.6 is 35.0 Å². The molecular weight excluding hydrogens is 455 g/mol. The Kier molecular flexibility index (Phi) is 6.65. The second-order valence-corrected chi connectivity index (χ2v) is 8.58. The topological polar surface area (TPSA) is 73.0 Å². The van der Waals surface area contributed by atoms with E-state index in [2.05, 4.69) is 15.5 Å². The molecule has 0 aliphatic carbocycles. The highest BCUT2D eigenvalue weighted by atomic mass is 35.5. The summed E-state index contributed by atoms with van der Waals surface area (Å²) in [4.78, 5) is 12.5. The van der Waals surface area contributed by atoms with Crippen LogP contribution in [0.25, 0.3) is 11.4 Å². The quantitative estimate of drug-likeness (QED) is 0.337. The summed E-state index contributed by atoms with van der Waals surface area (Å²) in [6.45, 7) is 2.38. The molecule has 0 radical (unpaired) electrons. The van der Waals surface area contributed by atoms with E-state index >= 15 is 0 Å². The van der Waals surface area contributed by atoms with Crippen molar-refractivity contribution in [3.8, 4) is 11.4 Å². The maximum absolute atomic E-state index is 12.5. The fourth-order valence-corrected chi connectivity index (χ4v) is 4.09. The first-order valence-electron chi connectivity index (χ1n) is 9.40. The molecule has 6 nitrogen and oxygen atoms in total. The Morgan fingerprint density at radius 3 is 2.65 bits per heavy atom. The second kappa shape index (κ2) is 9.60. The van der Waals surface area contributed by atoms with Crippen molar-refractivity contribution in [2.75, 3.05) is 11.1 Å². The van der Waals surface area contributed by atoms with E-state index in [0.717, 1.165) is 16.9 Å².